The highest BCUT2D eigenvalue weighted by atomic mass is 32.1. The largest absolute Gasteiger partial charge is 0.379 e. The van der Waals surface area contributed by atoms with Crippen molar-refractivity contribution in [1.82, 2.24) is 15.4 Å². The van der Waals surface area contributed by atoms with Crippen LogP contribution in [0.4, 0.5) is 0 Å². The van der Waals surface area contributed by atoms with Crippen molar-refractivity contribution in [3.8, 4) is 0 Å². The highest BCUT2D eigenvalue weighted by Crippen LogP contribution is 2.04. The average Bonchev–Trinajstić information content (AvgIpc) is 2.69. The lowest BCUT2D eigenvalue weighted by Gasteiger charge is -2.26. The van der Waals surface area contributed by atoms with Crippen LogP contribution in [0, 0.1) is 0 Å². The third-order valence-corrected chi connectivity index (χ3v) is 2.75. The summed E-state index contributed by atoms with van der Waals surface area (Å²) in [6.45, 7) is 4.48. The molecular weight excluding hydrogens is 186 g/mol. The second-order valence-electron chi connectivity index (χ2n) is 2.90. The third kappa shape index (κ3) is 2.73. The molecule has 0 aliphatic carbocycles. The van der Waals surface area contributed by atoms with Crippen molar-refractivity contribution in [3.05, 3.63) is 16.6 Å². The number of hydrogen-bond donors (Lipinski definition) is 1. The van der Waals surface area contributed by atoms with E-state index in [0.29, 0.717) is 0 Å². The molecule has 0 aromatic carbocycles. The molecule has 0 atom stereocenters. The molecule has 1 aliphatic heterocycles. The molecular formula is C8H13N3OS. The summed E-state index contributed by atoms with van der Waals surface area (Å²) in [5, 5.41) is 2.20. The van der Waals surface area contributed by atoms with Gasteiger partial charge in [0.25, 0.3) is 0 Å². The van der Waals surface area contributed by atoms with E-state index >= 15 is 0 Å². The Balaban J connectivity index is 1.72. The summed E-state index contributed by atoms with van der Waals surface area (Å²) in [5.41, 5.74) is 5.21. The zero-order valence-corrected chi connectivity index (χ0v) is 8.22. The van der Waals surface area contributed by atoms with Crippen LogP contribution in [0.25, 0.3) is 0 Å². The molecule has 5 heteroatoms. The van der Waals surface area contributed by atoms with E-state index < -0.39 is 0 Å². The minimum atomic E-state index is 0.829. The number of hydrogen-bond acceptors (Lipinski definition) is 5. The van der Waals surface area contributed by atoms with Crippen molar-refractivity contribution in [1.29, 1.82) is 0 Å². The molecule has 2 rings (SSSR count). The van der Waals surface area contributed by atoms with E-state index in [1.54, 1.807) is 11.3 Å². The molecule has 13 heavy (non-hydrogen) atoms. The summed E-state index contributed by atoms with van der Waals surface area (Å²) >= 11 is 1.68. The average molecular weight is 199 g/mol. The van der Waals surface area contributed by atoms with Crippen LogP contribution in [0.1, 0.15) is 4.88 Å². The molecule has 1 saturated heterocycles. The Morgan fingerprint density at radius 1 is 1.54 bits per heavy atom. The fourth-order valence-electron chi connectivity index (χ4n) is 1.24. The zero-order valence-electron chi connectivity index (χ0n) is 7.40. The summed E-state index contributed by atoms with van der Waals surface area (Å²) in [5.74, 6) is 0. The molecule has 0 saturated carbocycles. The van der Waals surface area contributed by atoms with E-state index in [2.05, 4.69) is 15.4 Å². The number of morpholine rings is 1. The highest BCUT2D eigenvalue weighted by molar-refractivity contribution is 7.09. The molecule has 72 valence electrons. The molecule has 1 fully saturated rings. The minimum Gasteiger partial charge on any atom is -0.379 e. The molecule has 2 heterocycles. The highest BCUT2D eigenvalue weighted by Gasteiger charge is 2.09. The van der Waals surface area contributed by atoms with Gasteiger partial charge in [-0.3, -0.25) is 4.98 Å². The smallest absolute Gasteiger partial charge is 0.0794 e. The molecule has 0 radical (unpaired) electrons. The second kappa shape index (κ2) is 4.66. The summed E-state index contributed by atoms with van der Waals surface area (Å²) in [7, 11) is 0. The predicted octanol–water partition coefficient (Wildman–Crippen LogP) is 0.480. The van der Waals surface area contributed by atoms with Crippen LogP contribution in [0.5, 0.6) is 0 Å². The topological polar surface area (TPSA) is 37.4 Å². The maximum absolute atomic E-state index is 5.25. The maximum Gasteiger partial charge on any atom is 0.0794 e. The van der Waals surface area contributed by atoms with Gasteiger partial charge in [-0.2, -0.15) is 0 Å². The first kappa shape index (κ1) is 9.08. The van der Waals surface area contributed by atoms with Gasteiger partial charge < -0.3 is 4.74 Å². The van der Waals surface area contributed by atoms with Gasteiger partial charge in [0, 0.05) is 30.7 Å². The van der Waals surface area contributed by atoms with Gasteiger partial charge in [-0.25, -0.2) is 10.4 Å². The fourth-order valence-corrected chi connectivity index (χ4v) is 1.77. The Morgan fingerprint density at radius 3 is 3.08 bits per heavy atom. The number of rotatable bonds is 3. The molecule has 1 aromatic rings. The van der Waals surface area contributed by atoms with Gasteiger partial charge >= 0.3 is 0 Å². The first-order chi connectivity index (χ1) is 6.45. The van der Waals surface area contributed by atoms with Gasteiger partial charge in [0.2, 0.25) is 0 Å². The van der Waals surface area contributed by atoms with Crippen LogP contribution in [-0.2, 0) is 11.3 Å². The molecule has 4 nitrogen and oxygen atoms in total. The van der Waals surface area contributed by atoms with Crippen molar-refractivity contribution >= 4 is 11.3 Å². The molecule has 0 unspecified atom stereocenters. The van der Waals surface area contributed by atoms with E-state index in [0.717, 1.165) is 32.8 Å². The first-order valence-electron chi connectivity index (χ1n) is 4.39. The van der Waals surface area contributed by atoms with E-state index in [9.17, 15) is 0 Å². The van der Waals surface area contributed by atoms with Crippen molar-refractivity contribution < 1.29 is 4.74 Å². The Bertz CT molecular complexity index is 234. The van der Waals surface area contributed by atoms with Gasteiger partial charge in [-0.05, 0) is 0 Å². The lowest BCUT2D eigenvalue weighted by molar-refractivity contribution is 0.0107. The number of aromatic nitrogens is 1. The van der Waals surface area contributed by atoms with E-state index in [1.807, 2.05) is 11.7 Å². The number of nitrogens with zero attached hydrogens (tertiary/aromatic N) is 2. The summed E-state index contributed by atoms with van der Waals surface area (Å²) in [6.07, 6.45) is 1.90. The van der Waals surface area contributed by atoms with Crippen LogP contribution in [-0.4, -0.2) is 36.3 Å². The maximum atomic E-state index is 5.25. The molecule has 0 amide bonds. The molecule has 1 aliphatic rings. The zero-order chi connectivity index (χ0) is 8.93. The van der Waals surface area contributed by atoms with Gasteiger partial charge in [0.1, 0.15) is 0 Å². The van der Waals surface area contributed by atoms with E-state index in [1.165, 1.54) is 4.88 Å². The standard InChI is InChI=1S/C8H13N3OS/c1-3-12-4-2-11(1)10-6-8-5-9-7-13-8/h5,7,10H,1-4,6H2. The molecule has 0 spiro atoms. The summed E-state index contributed by atoms with van der Waals surface area (Å²) < 4.78 is 5.25. The van der Waals surface area contributed by atoms with E-state index in [-0.39, 0.29) is 0 Å². The minimum absolute atomic E-state index is 0.829. The predicted molar refractivity (Wildman–Crippen MR) is 51.3 cm³/mol. The molecule has 1 N–H and O–H groups in total. The Labute approximate surface area is 81.5 Å². The van der Waals surface area contributed by atoms with Gasteiger partial charge in [0.05, 0.1) is 18.7 Å². The lowest BCUT2D eigenvalue weighted by atomic mass is 10.5. The summed E-state index contributed by atoms with van der Waals surface area (Å²) in [6, 6.07) is 0. The third-order valence-electron chi connectivity index (χ3n) is 1.97. The first-order valence-corrected chi connectivity index (χ1v) is 5.27. The van der Waals surface area contributed by atoms with Crippen molar-refractivity contribution in [3.63, 3.8) is 0 Å². The lowest BCUT2D eigenvalue weighted by Crippen LogP contribution is -2.45. The van der Waals surface area contributed by atoms with Gasteiger partial charge in [-0.15, -0.1) is 11.3 Å². The van der Waals surface area contributed by atoms with Crippen LogP contribution in [0.2, 0.25) is 0 Å². The Kier molecular flexibility index (Phi) is 3.26. The molecule has 1 aromatic heterocycles. The Morgan fingerprint density at radius 2 is 2.38 bits per heavy atom. The van der Waals surface area contributed by atoms with Gasteiger partial charge in [-0.1, -0.05) is 0 Å². The monoisotopic (exact) mass is 199 g/mol. The van der Waals surface area contributed by atoms with Crippen molar-refractivity contribution in [2.75, 3.05) is 26.3 Å². The number of ether oxygens (including phenoxy) is 1. The fraction of sp³-hybridized carbons (Fsp3) is 0.625. The summed E-state index contributed by atoms with van der Waals surface area (Å²) in [4.78, 5) is 5.29. The normalized spacial score (nSPS) is 19.1. The SMILES string of the molecule is c1ncc(CNN2CCOCC2)s1. The van der Waals surface area contributed by atoms with Crippen molar-refractivity contribution in [2.45, 2.75) is 6.54 Å². The van der Waals surface area contributed by atoms with Gasteiger partial charge in [0.15, 0.2) is 0 Å². The number of nitrogens with one attached hydrogen (secondary N) is 1. The van der Waals surface area contributed by atoms with Crippen LogP contribution in [0.3, 0.4) is 0 Å². The number of thiazole rings is 1. The van der Waals surface area contributed by atoms with E-state index in [4.69, 9.17) is 4.74 Å². The van der Waals surface area contributed by atoms with Crippen LogP contribution >= 0.6 is 11.3 Å². The van der Waals surface area contributed by atoms with Crippen molar-refractivity contribution in [2.24, 2.45) is 0 Å². The molecule has 0 bridgehead atoms. The quantitative estimate of drug-likeness (QED) is 0.768. The Hall–Kier alpha value is -0.490. The number of hydrazine groups is 1. The van der Waals surface area contributed by atoms with Crippen LogP contribution < -0.4 is 5.43 Å². The second-order valence-corrected chi connectivity index (χ2v) is 3.87. The van der Waals surface area contributed by atoms with Crippen LogP contribution in [0.15, 0.2) is 11.7 Å².